The van der Waals surface area contributed by atoms with Gasteiger partial charge in [0, 0.05) is 7.05 Å². The first-order valence-electron chi connectivity index (χ1n) is 4.41. The van der Waals surface area contributed by atoms with Gasteiger partial charge >= 0.3 is 5.97 Å². The van der Waals surface area contributed by atoms with E-state index in [-0.39, 0.29) is 28.8 Å². The van der Waals surface area contributed by atoms with Crippen LogP contribution in [0, 0.1) is 0 Å². The molecule has 1 aromatic carbocycles. The number of hydrogen-bond donors (Lipinski definition) is 2. The molecule has 0 aliphatic heterocycles. The van der Waals surface area contributed by atoms with E-state index >= 15 is 0 Å². The van der Waals surface area contributed by atoms with Crippen LogP contribution in [0.3, 0.4) is 0 Å². The summed E-state index contributed by atoms with van der Waals surface area (Å²) < 4.78 is 5.05. The Hall–Kier alpha value is -1.75. The number of amides is 1. The third-order valence-corrected chi connectivity index (χ3v) is 2.14. The molecule has 0 saturated heterocycles. The summed E-state index contributed by atoms with van der Waals surface area (Å²) in [6.45, 7) is -0.253. The van der Waals surface area contributed by atoms with Crippen molar-refractivity contribution in [3.05, 3.63) is 28.8 Å². The first kappa shape index (κ1) is 12.3. The summed E-state index contributed by atoms with van der Waals surface area (Å²) in [7, 11) is 1.46. The van der Waals surface area contributed by atoms with E-state index in [1.807, 2.05) is 0 Å². The lowest BCUT2D eigenvalue weighted by molar-refractivity contribution is -0.122. The zero-order valence-electron chi connectivity index (χ0n) is 8.49. The number of ether oxygens (including phenoxy) is 1. The van der Waals surface area contributed by atoms with Crippen molar-refractivity contribution in [3.8, 4) is 5.75 Å². The van der Waals surface area contributed by atoms with Crippen molar-refractivity contribution in [2.45, 2.75) is 0 Å². The second-order valence-electron chi connectivity index (χ2n) is 2.88. The molecule has 6 heteroatoms. The number of likely N-dealkylation sites (N-methyl/N-ethyl adjacent to an activating group) is 1. The number of carboxylic acids is 1. The van der Waals surface area contributed by atoms with Gasteiger partial charge in [-0.2, -0.15) is 0 Å². The number of nitrogens with one attached hydrogen (secondary N) is 1. The fourth-order valence-corrected chi connectivity index (χ4v) is 1.29. The van der Waals surface area contributed by atoms with Gasteiger partial charge in [-0.25, -0.2) is 4.79 Å². The molecule has 2 N–H and O–H groups in total. The number of benzene rings is 1. The van der Waals surface area contributed by atoms with Crippen LogP contribution < -0.4 is 10.1 Å². The highest BCUT2D eigenvalue weighted by molar-refractivity contribution is 6.33. The number of hydrogen-bond acceptors (Lipinski definition) is 3. The molecular formula is C10H10ClNO4. The van der Waals surface area contributed by atoms with Crippen LogP contribution in [0.1, 0.15) is 10.4 Å². The largest absolute Gasteiger partial charge is 0.483 e. The zero-order chi connectivity index (χ0) is 12.1. The Labute approximate surface area is 97.0 Å². The van der Waals surface area contributed by atoms with E-state index in [9.17, 15) is 9.59 Å². The van der Waals surface area contributed by atoms with Gasteiger partial charge in [0.05, 0.1) is 5.02 Å². The molecule has 86 valence electrons. The van der Waals surface area contributed by atoms with E-state index in [4.69, 9.17) is 21.4 Å². The van der Waals surface area contributed by atoms with E-state index < -0.39 is 5.97 Å². The van der Waals surface area contributed by atoms with E-state index in [1.54, 1.807) is 6.07 Å². The molecule has 0 bridgehead atoms. The number of carboxylic acid groups (broad SMARTS) is 1. The van der Waals surface area contributed by atoms with Crippen LogP contribution in [-0.4, -0.2) is 30.6 Å². The molecule has 0 spiro atoms. The minimum atomic E-state index is -1.20. The molecule has 0 aromatic heterocycles. The van der Waals surface area contributed by atoms with Crippen molar-refractivity contribution >= 4 is 23.5 Å². The van der Waals surface area contributed by atoms with Gasteiger partial charge in [0.1, 0.15) is 11.3 Å². The molecule has 0 fully saturated rings. The SMILES string of the molecule is CNC(=O)COc1cccc(Cl)c1C(=O)O. The predicted octanol–water partition coefficient (Wildman–Crippen LogP) is 1.16. The van der Waals surface area contributed by atoms with Crippen molar-refractivity contribution < 1.29 is 19.4 Å². The minimum Gasteiger partial charge on any atom is -0.483 e. The van der Waals surface area contributed by atoms with Crippen LogP contribution in [-0.2, 0) is 4.79 Å². The molecule has 1 aromatic rings. The highest BCUT2D eigenvalue weighted by Crippen LogP contribution is 2.26. The third-order valence-electron chi connectivity index (χ3n) is 1.83. The van der Waals surface area contributed by atoms with E-state index in [0.29, 0.717) is 0 Å². The maximum atomic E-state index is 10.9. The number of aromatic carboxylic acids is 1. The van der Waals surface area contributed by atoms with Crippen LogP contribution in [0.25, 0.3) is 0 Å². The van der Waals surface area contributed by atoms with Crippen molar-refractivity contribution in [2.75, 3.05) is 13.7 Å². The number of halogens is 1. The lowest BCUT2D eigenvalue weighted by atomic mass is 10.2. The fraction of sp³-hybridized carbons (Fsp3) is 0.200. The highest BCUT2D eigenvalue weighted by atomic mass is 35.5. The number of carbonyl (C=O) groups is 2. The van der Waals surface area contributed by atoms with Crippen molar-refractivity contribution in [3.63, 3.8) is 0 Å². The Morgan fingerprint density at radius 3 is 2.75 bits per heavy atom. The summed E-state index contributed by atoms with van der Waals surface area (Å²) in [4.78, 5) is 21.8. The predicted molar refractivity (Wildman–Crippen MR) is 58.0 cm³/mol. The molecular weight excluding hydrogens is 234 g/mol. The zero-order valence-corrected chi connectivity index (χ0v) is 9.25. The first-order chi connectivity index (χ1) is 7.56. The Morgan fingerprint density at radius 2 is 2.19 bits per heavy atom. The molecule has 0 atom stereocenters. The molecule has 1 amide bonds. The Bertz CT molecular complexity index is 419. The lowest BCUT2D eigenvalue weighted by Crippen LogP contribution is -2.25. The second kappa shape index (κ2) is 5.37. The van der Waals surface area contributed by atoms with Crippen LogP contribution in [0.4, 0.5) is 0 Å². The van der Waals surface area contributed by atoms with Crippen molar-refractivity contribution in [1.29, 1.82) is 0 Å². The summed E-state index contributed by atoms with van der Waals surface area (Å²) in [5.74, 6) is -1.47. The fourth-order valence-electron chi connectivity index (χ4n) is 1.05. The van der Waals surface area contributed by atoms with Crippen LogP contribution in [0.15, 0.2) is 18.2 Å². The minimum absolute atomic E-state index is 0.0712. The van der Waals surface area contributed by atoms with Crippen molar-refractivity contribution in [2.24, 2.45) is 0 Å². The summed E-state index contributed by atoms with van der Waals surface area (Å²) >= 11 is 5.71. The van der Waals surface area contributed by atoms with Gasteiger partial charge in [0.25, 0.3) is 5.91 Å². The van der Waals surface area contributed by atoms with Gasteiger partial charge in [0.2, 0.25) is 0 Å². The Balaban J connectivity index is 2.91. The summed E-state index contributed by atoms with van der Waals surface area (Å²) in [5.41, 5.74) is -0.145. The molecule has 0 heterocycles. The normalized spacial score (nSPS) is 9.62. The third kappa shape index (κ3) is 2.87. The average Bonchev–Trinajstić information content (AvgIpc) is 2.25. The molecule has 0 unspecified atom stereocenters. The molecule has 0 aliphatic carbocycles. The first-order valence-corrected chi connectivity index (χ1v) is 4.79. The van der Waals surface area contributed by atoms with E-state index in [1.165, 1.54) is 19.2 Å². The van der Waals surface area contributed by atoms with Gasteiger partial charge in [-0.1, -0.05) is 17.7 Å². The topological polar surface area (TPSA) is 75.6 Å². The maximum Gasteiger partial charge on any atom is 0.341 e. The summed E-state index contributed by atoms with van der Waals surface area (Å²) in [5, 5.41) is 11.3. The smallest absolute Gasteiger partial charge is 0.341 e. The lowest BCUT2D eigenvalue weighted by Gasteiger charge is -2.09. The molecule has 0 radical (unpaired) electrons. The molecule has 16 heavy (non-hydrogen) atoms. The standard InChI is InChI=1S/C10H10ClNO4/c1-12-8(13)5-16-7-4-2-3-6(11)9(7)10(14)15/h2-4H,5H2,1H3,(H,12,13)(H,14,15). The number of rotatable bonds is 4. The molecule has 5 nitrogen and oxygen atoms in total. The number of carbonyl (C=O) groups excluding carboxylic acids is 1. The highest BCUT2D eigenvalue weighted by Gasteiger charge is 2.15. The van der Waals surface area contributed by atoms with E-state index in [0.717, 1.165) is 0 Å². The van der Waals surface area contributed by atoms with Crippen LogP contribution in [0.5, 0.6) is 5.75 Å². The van der Waals surface area contributed by atoms with Gasteiger partial charge < -0.3 is 15.2 Å². The summed E-state index contributed by atoms with van der Waals surface area (Å²) in [6.07, 6.45) is 0. The van der Waals surface area contributed by atoms with Gasteiger partial charge in [-0.15, -0.1) is 0 Å². The Morgan fingerprint density at radius 1 is 1.50 bits per heavy atom. The van der Waals surface area contributed by atoms with E-state index in [2.05, 4.69) is 5.32 Å². The quantitative estimate of drug-likeness (QED) is 0.832. The summed E-state index contributed by atoms with van der Waals surface area (Å²) in [6, 6.07) is 4.43. The average molecular weight is 244 g/mol. The van der Waals surface area contributed by atoms with Crippen molar-refractivity contribution in [1.82, 2.24) is 5.32 Å². The molecule has 0 aliphatic rings. The van der Waals surface area contributed by atoms with Gasteiger partial charge in [0.15, 0.2) is 6.61 Å². The monoisotopic (exact) mass is 243 g/mol. The van der Waals surface area contributed by atoms with Gasteiger partial charge in [-0.3, -0.25) is 4.79 Å². The van der Waals surface area contributed by atoms with Gasteiger partial charge in [-0.05, 0) is 12.1 Å². The Kier molecular flexibility index (Phi) is 4.13. The second-order valence-corrected chi connectivity index (χ2v) is 3.29. The van der Waals surface area contributed by atoms with Crippen LogP contribution >= 0.6 is 11.6 Å². The maximum absolute atomic E-state index is 10.9. The van der Waals surface area contributed by atoms with Crippen LogP contribution in [0.2, 0.25) is 5.02 Å². The molecule has 0 saturated carbocycles. The molecule has 1 rings (SSSR count).